The Hall–Kier alpha value is -0.750. The van der Waals surface area contributed by atoms with E-state index in [0.29, 0.717) is 16.0 Å². The average Bonchev–Trinajstić information content (AvgIpc) is 1.97. The normalized spacial score (nSPS) is 10.0. The van der Waals surface area contributed by atoms with E-state index in [-0.39, 0.29) is 5.95 Å². The van der Waals surface area contributed by atoms with Gasteiger partial charge in [-0.3, -0.25) is 0 Å². The summed E-state index contributed by atoms with van der Waals surface area (Å²) >= 11 is 8.88. The van der Waals surface area contributed by atoms with Crippen molar-refractivity contribution in [2.24, 2.45) is 0 Å². The summed E-state index contributed by atoms with van der Waals surface area (Å²) in [4.78, 5) is 3.91. The largest absolute Gasteiger partial charge is 0.395 e. The minimum absolute atomic E-state index is 0.255. The van der Waals surface area contributed by atoms with Gasteiger partial charge in [0.1, 0.15) is 4.64 Å². The summed E-state index contributed by atoms with van der Waals surface area (Å²) in [6.45, 7) is 1.75. The van der Waals surface area contributed by atoms with Crippen LogP contribution in [0.5, 0.6) is 0 Å². The van der Waals surface area contributed by atoms with E-state index in [9.17, 15) is 0 Å². The van der Waals surface area contributed by atoms with Crippen molar-refractivity contribution in [2.45, 2.75) is 6.92 Å². The lowest BCUT2D eigenvalue weighted by Gasteiger charge is -2.05. The molecule has 0 saturated carbocycles. The highest BCUT2D eigenvalue weighted by molar-refractivity contribution is 7.79. The van der Waals surface area contributed by atoms with Crippen molar-refractivity contribution in [1.82, 2.24) is 8.96 Å². The molecular weight excluding hydrogens is 180 g/mol. The molecule has 0 bridgehead atoms. The van der Waals surface area contributed by atoms with Gasteiger partial charge in [-0.2, -0.15) is 0 Å². The lowest BCUT2D eigenvalue weighted by molar-refractivity contribution is 1.08. The Bertz CT molecular complexity index is 314. The summed E-state index contributed by atoms with van der Waals surface area (Å²) in [5, 5.41) is 0. The molecule has 4 nitrogen and oxygen atoms in total. The van der Waals surface area contributed by atoms with Crippen LogP contribution >= 0.6 is 25.0 Å². The van der Waals surface area contributed by atoms with Crippen LogP contribution in [-0.4, -0.2) is 8.96 Å². The van der Waals surface area contributed by atoms with Gasteiger partial charge in [-0.1, -0.05) is 25.0 Å². The molecule has 0 amide bonds. The molecule has 0 atom stereocenters. The molecule has 1 rings (SSSR count). The Morgan fingerprint density at radius 3 is 2.64 bits per heavy atom. The lowest BCUT2D eigenvalue weighted by Crippen LogP contribution is -2.06. The Kier molecular flexibility index (Phi) is 2.05. The van der Waals surface area contributed by atoms with Gasteiger partial charge < -0.3 is 11.5 Å². The molecule has 0 aliphatic rings. The molecule has 11 heavy (non-hydrogen) atoms. The zero-order valence-corrected chi connectivity index (χ0v) is 7.62. The number of anilines is 2. The zero-order chi connectivity index (χ0) is 8.59. The van der Waals surface area contributed by atoms with Crippen LogP contribution in [0.25, 0.3) is 0 Å². The molecular formula is C5H8N4S2. The number of hydrogen-bond acceptors (Lipinski definition) is 5. The van der Waals surface area contributed by atoms with E-state index in [2.05, 4.69) is 17.8 Å². The number of rotatable bonds is 0. The summed E-state index contributed by atoms with van der Waals surface area (Å²) in [6, 6.07) is 0. The minimum atomic E-state index is 0.255. The van der Waals surface area contributed by atoms with Gasteiger partial charge in [-0.25, -0.2) is 8.96 Å². The third-order valence-corrected chi connectivity index (χ3v) is 2.25. The van der Waals surface area contributed by atoms with Crippen LogP contribution in [0, 0.1) is 11.6 Å². The molecule has 0 aliphatic carbocycles. The first-order valence-electron chi connectivity index (χ1n) is 2.88. The smallest absolute Gasteiger partial charge is 0.211 e. The van der Waals surface area contributed by atoms with Crippen LogP contribution in [0.3, 0.4) is 0 Å². The number of thiol groups is 1. The minimum Gasteiger partial charge on any atom is -0.395 e. The lowest BCUT2D eigenvalue weighted by atomic mass is 10.4. The molecule has 1 aromatic heterocycles. The first-order chi connectivity index (χ1) is 5.04. The first-order valence-corrected chi connectivity index (χ1v) is 3.68. The van der Waals surface area contributed by atoms with Crippen LogP contribution in [0.1, 0.15) is 5.69 Å². The van der Waals surface area contributed by atoms with Gasteiger partial charge in [0, 0.05) is 0 Å². The highest BCUT2D eigenvalue weighted by Gasteiger charge is 2.02. The van der Waals surface area contributed by atoms with E-state index in [4.69, 9.17) is 23.7 Å². The Labute approximate surface area is 74.8 Å². The zero-order valence-electron chi connectivity index (χ0n) is 5.90. The SMILES string of the molecule is Cc1nc(N)n(S)c(=S)c1N. The summed E-state index contributed by atoms with van der Waals surface area (Å²) < 4.78 is 1.68. The molecule has 1 aromatic rings. The number of nitrogen functional groups attached to an aromatic ring is 2. The van der Waals surface area contributed by atoms with E-state index >= 15 is 0 Å². The van der Waals surface area contributed by atoms with Gasteiger partial charge in [0.25, 0.3) is 0 Å². The van der Waals surface area contributed by atoms with Crippen molar-refractivity contribution in [1.29, 1.82) is 0 Å². The van der Waals surface area contributed by atoms with Crippen molar-refractivity contribution in [2.75, 3.05) is 11.5 Å². The second-order valence-corrected chi connectivity index (χ2v) is 2.87. The van der Waals surface area contributed by atoms with Gasteiger partial charge in [-0.15, -0.1) is 0 Å². The van der Waals surface area contributed by atoms with E-state index in [1.165, 1.54) is 3.97 Å². The fourth-order valence-corrected chi connectivity index (χ4v) is 1.05. The fraction of sp³-hybridized carbons (Fsp3) is 0.200. The molecule has 0 aliphatic heterocycles. The summed E-state index contributed by atoms with van der Waals surface area (Å²) in [5.41, 5.74) is 12.1. The molecule has 4 N–H and O–H groups in total. The van der Waals surface area contributed by atoms with Crippen molar-refractivity contribution in [3.8, 4) is 0 Å². The van der Waals surface area contributed by atoms with Crippen molar-refractivity contribution in [3.05, 3.63) is 10.3 Å². The van der Waals surface area contributed by atoms with Crippen molar-refractivity contribution < 1.29 is 0 Å². The molecule has 0 aromatic carbocycles. The molecule has 0 unspecified atom stereocenters. The number of hydrogen-bond donors (Lipinski definition) is 3. The molecule has 60 valence electrons. The number of aryl methyl sites for hydroxylation is 1. The standard InChI is InChI=1S/C5H8N4S2/c1-2-3(6)4(10)9(11)5(7)8-2/h11H,6H2,1H3,(H2,7,8). The molecule has 0 fully saturated rings. The third kappa shape index (κ3) is 1.31. The van der Waals surface area contributed by atoms with E-state index < -0.39 is 0 Å². The average molecular weight is 188 g/mol. The second kappa shape index (κ2) is 2.71. The Morgan fingerprint density at radius 1 is 1.55 bits per heavy atom. The van der Waals surface area contributed by atoms with Crippen LogP contribution in [0.2, 0.25) is 0 Å². The number of nitrogens with two attached hydrogens (primary N) is 2. The van der Waals surface area contributed by atoms with Crippen LogP contribution < -0.4 is 11.5 Å². The third-order valence-electron chi connectivity index (χ3n) is 1.31. The predicted octanol–water partition coefficient (Wildman–Crippen LogP) is 0.778. The van der Waals surface area contributed by atoms with Crippen molar-refractivity contribution >= 4 is 36.7 Å². The first kappa shape index (κ1) is 8.35. The molecule has 1 heterocycles. The molecule has 0 saturated heterocycles. The predicted molar refractivity (Wildman–Crippen MR) is 51.0 cm³/mol. The fourth-order valence-electron chi connectivity index (χ4n) is 0.652. The summed E-state index contributed by atoms with van der Waals surface area (Å²) in [6.07, 6.45) is 0. The van der Waals surface area contributed by atoms with Gasteiger partial charge in [0.15, 0.2) is 0 Å². The second-order valence-electron chi connectivity index (χ2n) is 2.09. The van der Waals surface area contributed by atoms with Gasteiger partial charge in [-0.05, 0) is 6.92 Å². The van der Waals surface area contributed by atoms with Gasteiger partial charge in [0.05, 0.1) is 11.4 Å². The summed E-state index contributed by atoms with van der Waals surface area (Å²) in [7, 11) is 0. The monoisotopic (exact) mass is 188 g/mol. The van der Waals surface area contributed by atoms with Gasteiger partial charge >= 0.3 is 0 Å². The maximum absolute atomic E-state index is 5.56. The Balaban J connectivity index is 3.59. The molecule has 6 heteroatoms. The maximum Gasteiger partial charge on any atom is 0.211 e. The van der Waals surface area contributed by atoms with Gasteiger partial charge in [0.2, 0.25) is 5.95 Å². The highest BCUT2D eigenvalue weighted by Crippen LogP contribution is 2.14. The molecule has 0 spiro atoms. The van der Waals surface area contributed by atoms with Crippen LogP contribution in [-0.2, 0) is 0 Å². The number of nitrogens with zero attached hydrogens (tertiary/aromatic N) is 2. The Morgan fingerprint density at radius 2 is 2.09 bits per heavy atom. The van der Waals surface area contributed by atoms with Crippen LogP contribution in [0.15, 0.2) is 0 Å². The summed E-state index contributed by atoms with van der Waals surface area (Å²) in [5.74, 6) is 0.255. The highest BCUT2D eigenvalue weighted by atomic mass is 32.1. The maximum atomic E-state index is 5.56. The van der Waals surface area contributed by atoms with E-state index in [1.54, 1.807) is 6.92 Å². The van der Waals surface area contributed by atoms with Crippen molar-refractivity contribution in [3.63, 3.8) is 0 Å². The quantitative estimate of drug-likeness (QED) is 0.415. The molecule has 0 radical (unpaired) electrons. The van der Waals surface area contributed by atoms with E-state index in [0.717, 1.165) is 0 Å². The number of aromatic nitrogens is 2. The van der Waals surface area contributed by atoms with Crippen LogP contribution in [0.4, 0.5) is 11.6 Å². The topological polar surface area (TPSA) is 69.9 Å². The van der Waals surface area contributed by atoms with E-state index in [1.807, 2.05) is 0 Å².